The molecule has 1 heteroatoms. The smallest absolute Gasteiger partial charge is 0.178 e. The van der Waals surface area contributed by atoms with Crippen molar-refractivity contribution in [3.8, 4) is 0 Å². The molecule has 0 aromatic rings. The van der Waals surface area contributed by atoms with Gasteiger partial charge in [-0.2, -0.15) is 0 Å². The first-order chi connectivity index (χ1) is 6.15. The van der Waals surface area contributed by atoms with Crippen molar-refractivity contribution < 1.29 is 4.79 Å². The fourth-order valence-corrected chi connectivity index (χ4v) is 2.82. The molecule has 1 fully saturated rings. The molecule has 2 aliphatic rings. The minimum atomic E-state index is 0.174. The maximum absolute atomic E-state index is 11.3. The molecule has 0 unspecified atom stereocenters. The summed E-state index contributed by atoms with van der Waals surface area (Å²) in [6.07, 6.45) is 8.74. The molecule has 13 heavy (non-hydrogen) atoms. The van der Waals surface area contributed by atoms with E-state index in [4.69, 9.17) is 0 Å². The predicted molar refractivity (Wildman–Crippen MR) is 53.4 cm³/mol. The van der Waals surface area contributed by atoms with Crippen LogP contribution in [0.4, 0.5) is 0 Å². The van der Waals surface area contributed by atoms with Crippen LogP contribution in [0.5, 0.6) is 0 Å². The minimum absolute atomic E-state index is 0.174. The van der Waals surface area contributed by atoms with Gasteiger partial charge >= 0.3 is 0 Å². The molecule has 70 valence electrons. The van der Waals surface area contributed by atoms with E-state index in [9.17, 15) is 4.79 Å². The van der Waals surface area contributed by atoms with Gasteiger partial charge in [-0.25, -0.2) is 0 Å². The zero-order chi connectivity index (χ0) is 9.47. The van der Waals surface area contributed by atoms with Gasteiger partial charge in [0.15, 0.2) is 5.78 Å². The summed E-state index contributed by atoms with van der Waals surface area (Å²) in [7, 11) is 0. The molecule has 2 rings (SSSR count). The van der Waals surface area contributed by atoms with Gasteiger partial charge in [-0.1, -0.05) is 24.0 Å². The third-order valence-electron chi connectivity index (χ3n) is 3.68. The lowest BCUT2D eigenvalue weighted by Crippen LogP contribution is -2.24. The summed E-state index contributed by atoms with van der Waals surface area (Å²) in [5.74, 6) is 0.174. The minimum Gasteiger partial charge on any atom is -0.290 e. The Morgan fingerprint density at radius 1 is 1.08 bits per heavy atom. The van der Waals surface area contributed by atoms with E-state index in [0.29, 0.717) is 0 Å². The molecular formula is C12H16O. The van der Waals surface area contributed by atoms with E-state index in [2.05, 4.69) is 13.8 Å². The maximum Gasteiger partial charge on any atom is 0.178 e. The zero-order valence-electron chi connectivity index (χ0n) is 8.39. The fourth-order valence-electron chi connectivity index (χ4n) is 2.82. The largest absolute Gasteiger partial charge is 0.290 e. The van der Waals surface area contributed by atoms with Crippen molar-refractivity contribution in [2.45, 2.75) is 39.5 Å². The molecule has 0 aromatic carbocycles. The maximum atomic E-state index is 11.3. The highest BCUT2D eigenvalue weighted by atomic mass is 16.1. The molecule has 0 radical (unpaired) electrons. The first-order valence-electron chi connectivity index (χ1n) is 5.07. The Kier molecular flexibility index (Phi) is 1.90. The zero-order valence-corrected chi connectivity index (χ0v) is 8.39. The summed E-state index contributed by atoms with van der Waals surface area (Å²) in [6.45, 7) is 4.22. The average molecular weight is 176 g/mol. The molecule has 0 bridgehead atoms. The summed E-state index contributed by atoms with van der Waals surface area (Å²) in [5, 5.41) is 0. The Labute approximate surface area is 79.5 Å². The Hall–Kier alpha value is -0.850. The van der Waals surface area contributed by atoms with Crippen molar-refractivity contribution >= 4 is 5.78 Å². The van der Waals surface area contributed by atoms with Crippen LogP contribution in [-0.4, -0.2) is 5.78 Å². The molecular weight excluding hydrogens is 160 g/mol. The van der Waals surface area contributed by atoms with Crippen LogP contribution in [0.1, 0.15) is 39.5 Å². The van der Waals surface area contributed by atoms with Crippen LogP contribution < -0.4 is 0 Å². The molecule has 0 amide bonds. The number of ketones is 1. The van der Waals surface area contributed by atoms with Crippen molar-refractivity contribution in [3.05, 3.63) is 23.3 Å². The van der Waals surface area contributed by atoms with Crippen LogP contribution in [0.2, 0.25) is 0 Å². The SMILES string of the molecule is CC1=CC(=O)C=C(C)C12CCCC2. The number of rotatable bonds is 0. The highest BCUT2D eigenvalue weighted by molar-refractivity contribution is 6.01. The summed E-state index contributed by atoms with van der Waals surface area (Å²) in [6, 6.07) is 0. The second-order valence-corrected chi connectivity index (χ2v) is 4.35. The summed E-state index contributed by atoms with van der Waals surface area (Å²) >= 11 is 0. The number of allylic oxidation sites excluding steroid dienone is 4. The Balaban J connectivity index is 2.42. The summed E-state index contributed by atoms with van der Waals surface area (Å²) < 4.78 is 0. The molecule has 0 atom stereocenters. The summed E-state index contributed by atoms with van der Waals surface area (Å²) in [4.78, 5) is 11.3. The third kappa shape index (κ3) is 1.18. The van der Waals surface area contributed by atoms with Gasteiger partial charge in [-0.3, -0.25) is 4.79 Å². The van der Waals surface area contributed by atoms with E-state index >= 15 is 0 Å². The normalized spacial score (nSPS) is 26.2. The van der Waals surface area contributed by atoms with Crippen LogP contribution in [0.25, 0.3) is 0 Å². The molecule has 0 aromatic heterocycles. The van der Waals surface area contributed by atoms with Gasteiger partial charge in [0.2, 0.25) is 0 Å². The summed E-state index contributed by atoms with van der Waals surface area (Å²) in [5.41, 5.74) is 2.85. The van der Waals surface area contributed by atoms with Gasteiger partial charge in [-0.05, 0) is 38.8 Å². The van der Waals surface area contributed by atoms with E-state index in [-0.39, 0.29) is 11.2 Å². The molecule has 0 aliphatic heterocycles. The van der Waals surface area contributed by atoms with Crippen molar-refractivity contribution in [2.75, 3.05) is 0 Å². The van der Waals surface area contributed by atoms with E-state index in [0.717, 1.165) is 0 Å². The van der Waals surface area contributed by atoms with Gasteiger partial charge in [-0.15, -0.1) is 0 Å². The fraction of sp³-hybridized carbons (Fsp3) is 0.583. The predicted octanol–water partition coefficient (Wildman–Crippen LogP) is 3.02. The lowest BCUT2D eigenvalue weighted by molar-refractivity contribution is -0.110. The topological polar surface area (TPSA) is 17.1 Å². The van der Waals surface area contributed by atoms with Crippen molar-refractivity contribution in [1.29, 1.82) is 0 Å². The molecule has 0 heterocycles. The van der Waals surface area contributed by atoms with Crippen LogP contribution >= 0.6 is 0 Å². The lowest BCUT2D eigenvalue weighted by Gasteiger charge is -2.33. The van der Waals surface area contributed by atoms with Crippen LogP contribution in [0.3, 0.4) is 0 Å². The van der Waals surface area contributed by atoms with Crippen molar-refractivity contribution in [1.82, 2.24) is 0 Å². The van der Waals surface area contributed by atoms with Crippen LogP contribution in [-0.2, 0) is 4.79 Å². The monoisotopic (exact) mass is 176 g/mol. The van der Waals surface area contributed by atoms with Gasteiger partial charge < -0.3 is 0 Å². The van der Waals surface area contributed by atoms with Gasteiger partial charge in [0, 0.05) is 5.41 Å². The standard InChI is InChI=1S/C12H16O/c1-9-7-11(13)8-10(2)12(9)5-3-4-6-12/h7-8H,3-6H2,1-2H3. The van der Waals surface area contributed by atoms with Crippen molar-refractivity contribution in [2.24, 2.45) is 5.41 Å². The second kappa shape index (κ2) is 2.83. The molecule has 1 saturated carbocycles. The van der Waals surface area contributed by atoms with Crippen LogP contribution in [0, 0.1) is 5.41 Å². The van der Waals surface area contributed by atoms with E-state index < -0.39 is 0 Å². The number of hydrogen-bond donors (Lipinski definition) is 0. The average Bonchev–Trinajstić information content (AvgIpc) is 2.50. The van der Waals surface area contributed by atoms with Crippen molar-refractivity contribution in [3.63, 3.8) is 0 Å². The quantitative estimate of drug-likeness (QED) is 0.554. The number of carbonyl (C=O) groups excluding carboxylic acids is 1. The molecule has 0 saturated heterocycles. The highest BCUT2D eigenvalue weighted by Crippen LogP contribution is 2.50. The lowest BCUT2D eigenvalue weighted by atomic mass is 9.70. The van der Waals surface area contributed by atoms with E-state index in [1.165, 1.54) is 36.8 Å². The highest BCUT2D eigenvalue weighted by Gasteiger charge is 2.38. The Morgan fingerprint density at radius 2 is 1.54 bits per heavy atom. The molecule has 0 N–H and O–H groups in total. The van der Waals surface area contributed by atoms with Crippen LogP contribution in [0.15, 0.2) is 23.3 Å². The van der Waals surface area contributed by atoms with Gasteiger partial charge in [0.25, 0.3) is 0 Å². The first-order valence-corrected chi connectivity index (χ1v) is 5.07. The first kappa shape index (κ1) is 8.74. The van der Waals surface area contributed by atoms with E-state index in [1.54, 1.807) is 0 Å². The Morgan fingerprint density at radius 3 is 2.00 bits per heavy atom. The Bertz CT molecular complexity index is 277. The molecule has 1 spiro atoms. The second-order valence-electron chi connectivity index (χ2n) is 4.35. The van der Waals surface area contributed by atoms with Gasteiger partial charge in [0.05, 0.1) is 0 Å². The molecule has 1 nitrogen and oxygen atoms in total. The van der Waals surface area contributed by atoms with Gasteiger partial charge in [0.1, 0.15) is 0 Å². The molecule has 2 aliphatic carbocycles. The number of hydrogen-bond acceptors (Lipinski definition) is 1. The van der Waals surface area contributed by atoms with E-state index in [1.807, 2.05) is 12.2 Å². The number of carbonyl (C=O) groups is 1. The third-order valence-corrected chi connectivity index (χ3v) is 3.68.